The van der Waals surface area contributed by atoms with E-state index in [2.05, 4.69) is 24.4 Å². The van der Waals surface area contributed by atoms with Gasteiger partial charge in [0.15, 0.2) is 0 Å². The summed E-state index contributed by atoms with van der Waals surface area (Å²) >= 11 is 1.81. The van der Waals surface area contributed by atoms with Gasteiger partial charge in [-0.25, -0.2) is 0 Å². The van der Waals surface area contributed by atoms with Crippen molar-refractivity contribution in [1.82, 2.24) is 5.32 Å². The number of carbonyl (C=O) groups excluding carboxylic acids is 1. The van der Waals surface area contributed by atoms with E-state index in [-0.39, 0.29) is 11.8 Å². The molecule has 1 atom stereocenters. The van der Waals surface area contributed by atoms with Crippen LogP contribution >= 0.6 is 11.8 Å². The highest BCUT2D eigenvalue weighted by atomic mass is 32.2. The van der Waals surface area contributed by atoms with Crippen LogP contribution in [0.5, 0.6) is 0 Å². The van der Waals surface area contributed by atoms with Crippen molar-refractivity contribution in [3.05, 3.63) is 29.8 Å². The minimum absolute atomic E-state index is 0.0134. The molecule has 1 amide bonds. The highest BCUT2D eigenvalue weighted by molar-refractivity contribution is 7.99. The Labute approximate surface area is 107 Å². The van der Waals surface area contributed by atoms with Crippen molar-refractivity contribution in [3.63, 3.8) is 0 Å². The van der Waals surface area contributed by atoms with Gasteiger partial charge >= 0.3 is 0 Å². The van der Waals surface area contributed by atoms with Crippen molar-refractivity contribution in [2.24, 2.45) is 11.7 Å². The summed E-state index contributed by atoms with van der Waals surface area (Å²) in [6.45, 7) is 4.92. The number of hydrogen-bond acceptors (Lipinski definition) is 3. The largest absolute Gasteiger partial charge is 0.352 e. The molecule has 0 bridgehead atoms. The highest BCUT2D eigenvalue weighted by Crippen LogP contribution is 2.17. The van der Waals surface area contributed by atoms with Crippen molar-refractivity contribution in [3.8, 4) is 0 Å². The van der Waals surface area contributed by atoms with Gasteiger partial charge in [-0.1, -0.05) is 26.0 Å². The van der Waals surface area contributed by atoms with Gasteiger partial charge in [0.2, 0.25) is 5.91 Å². The zero-order valence-electron chi connectivity index (χ0n) is 10.4. The van der Waals surface area contributed by atoms with Crippen molar-refractivity contribution < 1.29 is 4.79 Å². The fraction of sp³-hybridized carbons (Fsp3) is 0.462. The maximum Gasteiger partial charge on any atom is 0.224 e. The predicted octanol–water partition coefficient (Wildman–Crippen LogP) is 2.01. The van der Waals surface area contributed by atoms with Crippen molar-refractivity contribution >= 4 is 17.7 Å². The number of carbonyl (C=O) groups is 1. The molecule has 3 nitrogen and oxygen atoms in total. The number of nitrogens with one attached hydrogen (secondary N) is 1. The summed E-state index contributed by atoms with van der Waals surface area (Å²) in [6, 6.07) is 8.26. The smallest absolute Gasteiger partial charge is 0.224 e. The Morgan fingerprint density at radius 2 is 2.06 bits per heavy atom. The van der Waals surface area contributed by atoms with Crippen LogP contribution in [0.15, 0.2) is 29.2 Å². The third-order valence-corrected chi connectivity index (χ3v) is 3.40. The molecule has 0 saturated heterocycles. The molecular formula is C13H20N2OS. The van der Waals surface area contributed by atoms with E-state index < -0.39 is 0 Å². The Morgan fingerprint density at radius 1 is 1.41 bits per heavy atom. The summed E-state index contributed by atoms with van der Waals surface area (Å²) in [7, 11) is 0. The molecule has 0 saturated carbocycles. The lowest BCUT2D eigenvalue weighted by atomic mass is 10.1. The van der Waals surface area contributed by atoms with E-state index in [1.165, 1.54) is 4.90 Å². The molecule has 0 spiro atoms. The molecule has 1 aromatic carbocycles. The van der Waals surface area contributed by atoms with E-state index in [1.54, 1.807) is 0 Å². The van der Waals surface area contributed by atoms with Crippen LogP contribution < -0.4 is 11.1 Å². The van der Waals surface area contributed by atoms with Gasteiger partial charge in [0.25, 0.3) is 0 Å². The standard InChI is InChI=1S/C13H20N2OS/c1-3-17-12-6-4-11(5-7-12)9-15-13(16)10(2)8-14/h4-7,10H,3,8-9,14H2,1-2H3,(H,15,16). The SMILES string of the molecule is CCSc1ccc(CNC(=O)C(C)CN)cc1. The molecule has 1 unspecified atom stereocenters. The number of nitrogens with two attached hydrogens (primary N) is 1. The maximum absolute atomic E-state index is 11.5. The Balaban J connectivity index is 2.44. The van der Waals surface area contributed by atoms with Gasteiger partial charge in [-0.15, -0.1) is 11.8 Å². The fourth-order valence-corrected chi connectivity index (χ4v) is 2.00. The van der Waals surface area contributed by atoms with Gasteiger partial charge in [-0.3, -0.25) is 4.79 Å². The van der Waals surface area contributed by atoms with Crippen LogP contribution in [0.25, 0.3) is 0 Å². The van der Waals surface area contributed by atoms with E-state index >= 15 is 0 Å². The molecule has 1 rings (SSSR count). The molecule has 0 heterocycles. The molecule has 94 valence electrons. The van der Waals surface area contributed by atoms with Crippen LogP contribution in [0.4, 0.5) is 0 Å². The first kappa shape index (κ1) is 14.1. The van der Waals surface area contributed by atoms with Crippen LogP contribution in [0.1, 0.15) is 19.4 Å². The van der Waals surface area contributed by atoms with Crippen LogP contribution in [0, 0.1) is 5.92 Å². The van der Waals surface area contributed by atoms with Crippen LogP contribution in [0.3, 0.4) is 0 Å². The lowest BCUT2D eigenvalue weighted by molar-refractivity contribution is -0.124. The minimum Gasteiger partial charge on any atom is -0.352 e. The average molecular weight is 252 g/mol. The van der Waals surface area contributed by atoms with Crippen molar-refractivity contribution in [2.75, 3.05) is 12.3 Å². The second-order valence-corrected chi connectivity index (χ2v) is 5.27. The number of thioether (sulfide) groups is 1. The van der Waals surface area contributed by atoms with Crippen LogP contribution in [-0.2, 0) is 11.3 Å². The topological polar surface area (TPSA) is 55.1 Å². The second-order valence-electron chi connectivity index (χ2n) is 3.93. The fourth-order valence-electron chi connectivity index (χ4n) is 1.34. The Hall–Kier alpha value is -1.00. The molecule has 1 aromatic rings. The molecular weight excluding hydrogens is 232 g/mol. The Bertz CT molecular complexity index is 351. The molecule has 0 aromatic heterocycles. The lowest BCUT2D eigenvalue weighted by Gasteiger charge is -2.10. The monoisotopic (exact) mass is 252 g/mol. The molecule has 4 heteroatoms. The molecule has 0 aliphatic rings. The summed E-state index contributed by atoms with van der Waals surface area (Å²) in [5.74, 6) is 0.966. The zero-order chi connectivity index (χ0) is 12.7. The van der Waals surface area contributed by atoms with Gasteiger partial charge in [-0.05, 0) is 23.4 Å². The van der Waals surface area contributed by atoms with Crippen molar-refractivity contribution in [1.29, 1.82) is 0 Å². The normalized spacial score (nSPS) is 12.2. The summed E-state index contributed by atoms with van der Waals surface area (Å²) in [5.41, 5.74) is 6.55. The molecule has 0 aliphatic carbocycles. The van der Waals surface area contributed by atoms with Crippen molar-refractivity contribution in [2.45, 2.75) is 25.3 Å². The zero-order valence-corrected chi connectivity index (χ0v) is 11.2. The minimum atomic E-state index is -0.120. The number of rotatable bonds is 6. The van der Waals surface area contributed by atoms with Gasteiger partial charge in [0.1, 0.15) is 0 Å². The molecule has 0 aliphatic heterocycles. The Morgan fingerprint density at radius 3 is 2.59 bits per heavy atom. The third kappa shape index (κ3) is 4.79. The number of amides is 1. The first-order chi connectivity index (χ1) is 8.17. The molecule has 0 fully saturated rings. The van der Waals surface area contributed by atoms with E-state index in [0.717, 1.165) is 11.3 Å². The number of benzene rings is 1. The summed E-state index contributed by atoms with van der Waals surface area (Å²) < 4.78 is 0. The van der Waals surface area contributed by atoms with Gasteiger partial charge < -0.3 is 11.1 Å². The summed E-state index contributed by atoms with van der Waals surface area (Å²) in [4.78, 5) is 12.8. The van der Waals surface area contributed by atoms with Gasteiger partial charge in [0, 0.05) is 23.9 Å². The van der Waals surface area contributed by atoms with Gasteiger partial charge in [0.05, 0.1) is 0 Å². The maximum atomic E-state index is 11.5. The summed E-state index contributed by atoms with van der Waals surface area (Å²) in [6.07, 6.45) is 0. The second kappa shape index (κ2) is 7.35. The highest BCUT2D eigenvalue weighted by Gasteiger charge is 2.09. The van der Waals surface area contributed by atoms with E-state index in [9.17, 15) is 4.79 Å². The van der Waals surface area contributed by atoms with Crippen LogP contribution in [-0.4, -0.2) is 18.2 Å². The average Bonchev–Trinajstić information content (AvgIpc) is 2.37. The predicted molar refractivity (Wildman–Crippen MR) is 72.9 cm³/mol. The van der Waals surface area contributed by atoms with E-state index in [1.807, 2.05) is 30.8 Å². The molecule has 0 radical (unpaired) electrons. The molecule has 17 heavy (non-hydrogen) atoms. The van der Waals surface area contributed by atoms with Gasteiger partial charge in [-0.2, -0.15) is 0 Å². The first-order valence-electron chi connectivity index (χ1n) is 5.87. The van der Waals surface area contributed by atoms with E-state index in [4.69, 9.17) is 5.73 Å². The molecule has 3 N–H and O–H groups in total. The lowest BCUT2D eigenvalue weighted by Crippen LogP contribution is -2.32. The quantitative estimate of drug-likeness (QED) is 0.762. The summed E-state index contributed by atoms with van der Waals surface area (Å²) in [5, 5.41) is 2.88. The Kier molecular flexibility index (Phi) is 6.08. The van der Waals surface area contributed by atoms with E-state index in [0.29, 0.717) is 13.1 Å². The van der Waals surface area contributed by atoms with Crippen LogP contribution in [0.2, 0.25) is 0 Å². The third-order valence-electron chi connectivity index (χ3n) is 2.50. The number of hydrogen-bond donors (Lipinski definition) is 2. The first-order valence-corrected chi connectivity index (χ1v) is 6.85.